The summed E-state index contributed by atoms with van der Waals surface area (Å²) < 4.78 is 22.6. The quantitative estimate of drug-likeness (QED) is 0.761. The highest BCUT2D eigenvalue weighted by Gasteiger charge is 2.27. The van der Waals surface area contributed by atoms with Crippen molar-refractivity contribution >= 4 is 21.2 Å². The van der Waals surface area contributed by atoms with Crippen molar-refractivity contribution < 1.29 is 8.42 Å². The number of rotatable bonds is 2. The Kier molecular flexibility index (Phi) is 2.80. The molecule has 0 spiro atoms. The van der Waals surface area contributed by atoms with Gasteiger partial charge >= 0.3 is 0 Å². The van der Waals surface area contributed by atoms with Gasteiger partial charge in [0, 0.05) is 6.04 Å². The second-order valence-corrected chi connectivity index (χ2v) is 6.56. The van der Waals surface area contributed by atoms with Gasteiger partial charge in [-0.1, -0.05) is 6.07 Å². The number of nitrogen functional groups attached to an aromatic ring is 1. The molecule has 0 aromatic heterocycles. The number of hydrogen-bond donors (Lipinski definition) is 2. The summed E-state index contributed by atoms with van der Waals surface area (Å²) in [6.45, 7) is 1.98. The van der Waals surface area contributed by atoms with Crippen LogP contribution in [0.25, 0.3) is 0 Å². The monoisotopic (exact) mass is 240 g/mol. The third-order valence-corrected chi connectivity index (χ3v) is 4.57. The molecule has 5 heteroatoms. The van der Waals surface area contributed by atoms with Gasteiger partial charge in [0.05, 0.1) is 22.9 Å². The molecule has 1 unspecified atom stereocenters. The maximum absolute atomic E-state index is 11.3. The van der Waals surface area contributed by atoms with Crippen molar-refractivity contribution in [2.75, 3.05) is 22.6 Å². The highest BCUT2D eigenvalue weighted by atomic mass is 32.2. The van der Waals surface area contributed by atoms with Crippen molar-refractivity contribution in [3.05, 3.63) is 23.8 Å². The van der Waals surface area contributed by atoms with E-state index in [0.29, 0.717) is 12.1 Å². The molecule has 1 fully saturated rings. The Labute approximate surface area is 95.8 Å². The Morgan fingerprint density at radius 2 is 2.19 bits per heavy atom. The Balaban J connectivity index is 2.13. The zero-order valence-electron chi connectivity index (χ0n) is 9.23. The third kappa shape index (κ3) is 2.47. The first kappa shape index (κ1) is 11.3. The Morgan fingerprint density at radius 3 is 2.81 bits per heavy atom. The van der Waals surface area contributed by atoms with Crippen molar-refractivity contribution in [3.8, 4) is 0 Å². The molecule has 16 heavy (non-hydrogen) atoms. The van der Waals surface area contributed by atoms with E-state index in [9.17, 15) is 8.42 Å². The molecule has 1 atom stereocenters. The molecular formula is C11H16N2O2S. The molecule has 0 amide bonds. The van der Waals surface area contributed by atoms with Gasteiger partial charge in [-0.05, 0) is 31.0 Å². The maximum atomic E-state index is 11.3. The predicted octanol–water partition coefficient (Wildman–Crippen LogP) is 1.18. The predicted molar refractivity (Wildman–Crippen MR) is 66.3 cm³/mol. The summed E-state index contributed by atoms with van der Waals surface area (Å²) in [6, 6.07) is 5.71. The van der Waals surface area contributed by atoms with Crippen LogP contribution in [-0.4, -0.2) is 26.0 Å². The fraction of sp³-hybridized carbons (Fsp3) is 0.455. The summed E-state index contributed by atoms with van der Waals surface area (Å²) in [4.78, 5) is 0. The van der Waals surface area contributed by atoms with Crippen molar-refractivity contribution in [3.63, 3.8) is 0 Å². The molecule has 0 aliphatic carbocycles. The summed E-state index contributed by atoms with van der Waals surface area (Å²) in [5.41, 5.74) is 8.43. The average molecular weight is 240 g/mol. The second kappa shape index (κ2) is 3.97. The van der Waals surface area contributed by atoms with Gasteiger partial charge in [-0.25, -0.2) is 8.42 Å². The molecule has 0 radical (unpaired) electrons. The first-order valence-corrected chi connectivity index (χ1v) is 7.11. The van der Waals surface area contributed by atoms with E-state index in [0.717, 1.165) is 11.3 Å². The highest BCUT2D eigenvalue weighted by Crippen LogP contribution is 2.23. The van der Waals surface area contributed by atoms with Crippen LogP contribution in [0.2, 0.25) is 0 Å². The fourth-order valence-electron chi connectivity index (χ4n) is 1.92. The van der Waals surface area contributed by atoms with E-state index in [1.807, 2.05) is 25.1 Å². The van der Waals surface area contributed by atoms with Crippen LogP contribution in [0.15, 0.2) is 18.2 Å². The van der Waals surface area contributed by atoms with Crippen LogP contribution in [0, 0.1) is 6.92 Å². The summed E-state index contributed by atoms with van der Waals surface area (Å²) in [7, 11) is -2.84. The van der Waals surface area contributed by atoms with Gasteiger partial charge in [0.1, 0.15) is 0 Å². The van der Waals surface area contributed by atoms with Crippen molar-refractivity contribution in [1.29, 1.82) is 0 Å². The van der Waals surface area contributed by atoms with Crippen LogP contribution in [0.4, 0.5) is 11.4 Å². The molecule has 88 valence electrons. The maximum Gasteiger partial charge on any atom is 0.152 e. The standard InChI is InChI=1S/C11H16N2O2S/c1-8-2-3-10(12)11(6-8)13-9-4-5-16(14,15)7-9/h2-3,6,9,13H,4-5,7,12H2,1H3. The van der Waals surface area contributed by atoms with E-state index < -0.39 is 9.84 Å². The lowest BCUT2D eigenvalue weighted by atomic mass is 10.1. The Bertz CT molecular complexity index is 497. The molecule has 3 N–H and O–H groups in total. The fourth-order valence-corrected chi connectivity index (χ4v) is 3.60. The van der Waals surface area contributed by atoms with Gasteiger partial charge < -0.3 is 11.1 Å². The normalized spacial score (nSPS) is 23.2. The minimum Gasteiger partial charge on any atom is -0.397 e. The number of anilines is 2. The number of benzene rings is 1. The zero-order valence-corrected chi connectivity index (χ0v) is 10.0. The van der Waals surface area contributed by atoms with Crippen LogP contribution < -0.4 is 11.1 Å². The molecule has 1 aromatic rings. The summed E-state index contributed by atoms with van der Waals surface area (Å²) in [5, 5.41) is 3.20. The second-order valence-electron chi connectivity index (χ2n) is 4.34. The highest BCUT2D eigenvalue weighted by molar-refractivity contribution is 7.91. The SMILES string of the molecule is Cc1ccc(N)c(NC2CCS(=O)(=O)C2)c1. The van der Waals surface area contributed by atoms with E-state index in [-0.39, 0.29) is 17.5 Å². The van der Waals surface area contributed by atoms with Crippen molar-refractivity contribution in [2.45, 2.75) is 19.4 Å². The summed E-state index contributed by atoms with van der Waals surface area (Å²) in [6.07, 6.45) is 0.662. The number of aryl methyl sites for hydroxylation is 1. The van der Waals surface area contributed by atoms with Crippen LogP contribution in [-0.2, 0) is 9.84 Å². The first-order valence-electron chi connectivity index (χ1n) is 5.29. The molecule has 0 saturated carbocycles. The van der Waals surface area contributed by atoms with E-state index in [2.05, 4.69) is 5.32 Å². The molecule has 0 bridgehead atoms. The molecule has 1 heterocycles. The van der Waals surface area contributed by atoms with Crippen LogP contribution in [0.1, 0.15) is 12.0 Å². The van der Waals surface area contributed by atoms with Gasteiger partial charge in [-0.2, -0.15) is 0 Å². The summed E-state index contributed by atoms with van der Waals surface area (Å²) >= 11 is 0. The van der Waals surface area contributed by atoms with Crippen molar-refractivity contribution in [2.24, 2.45) is 0 Å². The lowest BCUT2D eigenvalue weighted by Crippen LogP contribution is -2.21. The number of sulfone groups is 1. The lowest BCUT2D eigenvalue weighted by Gasteiger charge is -2.14. The van der Waals surface area contributed by atoms with Gasteiger partial charge in [-0.15, -0.1) is 0 Å². The largest absolute Gasteiger partial charge is 0.397 e. The van der Waals surface area contributed by atoms with E-state index in [4.69, 9.17) is 5.73 Å². The molecule has 1 aliphatic heterocycles. The van der Waals surface area contributed by atoms with Gasteiger partial charge in [-0.3, -0.25) is 0 Å². The minimum absolute atomic E-state index is 0.00546. The van der Waals surface area contributed by atoms with Gasteiger partial charge in [0.25, 0.3) is 0 Å². The van der Waals surface area contributed by atoms with Gasteiger partial charge in [0.2, 0.25) is 0 Å². The molecule has 1 aromatic carbocycles. The zero-order chi connectivity index (χ0) is 11.8. The van der Waals surface area contributed by atoms with E-state index >= 15 is 0 Å². The number of nitrogens with two attached hydrogens (primary N) is 1. The number of nitrogens with one attached hydrogen (secondary N) is 1. The first-order chi connectivity index (χ1) is 7.46. The smallest absolute Gasteiger partial charge is 0.152 e. The lowest BCUT2D eigenvalue weighted by molar-refractivity contribution is 0.602. The molecule has 1 saturated heterocycles. The third-order valence-electron chi connectivity index (χ3n) is 2.80. The van der Waals surface area contributed by atoms with Crippen molar-refractivity contribution in [1.82, 2.24) is 0 Å². The van der Waals surface area contributed by atoms with Crippen LogP contribution in [0.3, 0.4) is 0 Å². The summed E-state index contributed by atoms with van der Waals surface area (Å²) in [5.74, 6) is 0.483. The molecular weight excluding hydrogens is 224 g/mol. The molecule has 2 rings (SSSR count). The van der Waals surface area contributed by atoms with E-state index in [1.54, 1.807) is 0 Å². The Morgan fingerprint density at radius 1 is 1.44 bits per heavy atom. The minimum atomic E-state index is -2.84. The topological polar surface area (TPSA) is 72.2 Å². The van der Waals surface area contributed by atoms with E-state index in [1.165, 1.54) is 0 Å². The Hall–Kier alpha value is -1.23. The molecule has 4 nitrogen and oxygen atoms in total. The van der Waals surface area contributed by atoms with Crippen LogP contribution in [0.5, 0.6) is 0 Å². The van der Waals surface area contributed by atoms with Crippen LogP contribution >= 0.6 is 0 Å². The van der Waals surface area contributed by atoms with Gasteiger partial charge in [0.15, 0.2) is 9.84 Å². The average Bonchev–Trinajstić information content (AvgIpc) is 2.52. The molecule has 1 aliphatic rings. The number of hydrogen-bond acceptors (Lipinski definition) is 4.